The largest absolute Gasteiger partial charge is 0.377 e. The van der Waals surface area contributed by atoms with Gasteiger partial charge in [-0.1, -0.05) is 12.1 Å². The first kappa shape index (κ1) is 13.5. The number of nitrogens with zero attached hydrogens (tertiary/aromatic N) is 1. The van der Waals surface area contributed by atoms with Gasteiger partial charge in [-0.3, -0.25) is 4.90 Å². The van der Waals surface area contributed by atoms with Gasteiger partial charge in [-0.2, -0.15) is 0 Å². The number of likely N-dealkylation sites (N-methyl/N-ethyl adjacent to an activating group) is 1. The Bertz CT molecular complexity index is 380. The van der Waals surface area contributed by atoms with E-state index in [4.69, 9.17) is 10.5 Å². The fourth-order valence-corrected chi connectivity index (χ4v) is 2.52. The van der Waals surface area contributed by atoms with Crippen molar-refractivity contribution < 1.29 is 9.13 Å². The van der Waals surface area contributed by atoms with Crippen LogP contribution in [0.2, 0.25) is 0 Å². The van der Waals surface area contributed by atoms with Gasteiger partial charge in [0.25, 0.3) is 0 Å². The third-order valence-corrected chi connectivity index (χ3v) is 3.50. The van der Waals surface area contributed by atoms with E-state index in [1.54, 1.807) is 12.1 Å². The van der Waals surface area contributed by atoms with E-state index in [0.29, 0.717) is 6.54 Å². The maximum atomic E-state index is 13.2. The molecule has 2 unspecified atom stereocenters. The topological polar surface area (TPSA) is 38.5 Å². The van der Waals surface area contributed by atoms with Crippen LogP contribution in [0.15, 0.2) is 24.3 Å². The zero-order valence-corrected chi connectivity index (χ0v) is 10.8. The highest BCUT2D eigenvalue weighted by atomic mass is 19.1. The Labute approximate surface area is 108 Å². The van der Waals surface area contributed by atoms with Crippen molar-refractivity contribution in [3.05, 3.63) is 35.6 Å². The smallest absolute Gasteiger partial charge is 0.123 e. The van der Waals surface area contributed by atoms with E-state index in [1.807, 2.05) is 13.1 Å². The molecule has 1 fully saturated rings. The molecule has 3 nitrogen and oxygen atoms in total. The number of nitrogens with two attached hydrogens (primary N) is 1. The predicted octanol–water partition coefficient (Wildman–Crippen LogP) is 1.94. The molecule has 0 amide bonds. The molecule has 2 rings (SSSR count). The summed E-state index contributed by atoms with van der Waals surface area (Å²) in [5.74, 6) is -0.212. The van der Waals surface area contributed by atoms with Crippen molar-refractivity contribution in [2.75, 3.05) is 26.7 Å². The number of halogens is 1. The summed E-state index contributed by atoms with van der Waals surface area (Å²) in [6.45, 7) is 2.18. The second-order valence-electron chi connectivity index (χ2n) is 4.88. The Balaban J connectivity index is 2.02. The SMILES string of the molecule is CN(CC1CCCO1)C(CN)c1cccc(F)c1. The number of hydrogen-bond acceptors (Lipinski definition) is 3. The molecule has 1 aliphatic heterocycles. The third kappa shape index (κ3) is 3.28. The van der Waals surface area contributed by atoms with Crippen LogP contribution in [0, 0.1) is 5.82 Å². The average molecular weight is 252 g/mol. The summed E-state index contributed by atoms with van der Waals surface area (Å²) in [7, 11) is 2.02. The van der Waals surface area contributed by atoms with Crippen molar-refractivity contribution in [1.29, 1.82) is 0 Å². The Morgan fingerprint density at radius 2 is 2.39 bits per heavy atom. The van der Waals surface area contributed by atoms with Gasteiger partial charge in [0.15, 0.2) is 0 Å². The lowest BCUT2D eigenvalue weighted by Crippen LogP contribution is -2.36. The molecule has 1 saturated heterocycles. The van der Waals surface area contributed by atoms with Crippen LogP contribution in [0.25, 0.3) is 0 Å². The Hall–Kier alpha value is -0.970. The molecular weight excluding hydrogens is 231 g/mol. The highest BCUT2D eigenvalue weighted by molar-refractivity contribution is 5.20. The van der Waals surface area contributed by atoms with Crippen LogP contribution < -0.4 is 5.73 Å². The van der Waals surface area contributed by atoms with Crippen LogP contribution in [-0.2, 0) is 4.74 Å². The Kier molecular flexibility index (Phi) is 4.69. The van der Waals surface area contributed by atoms with Crippen molar-refractivity contribution in [1.82, 2.24) is 4.90 Å². The van der Waals surface area contributed by atoms with Gasteiger partial charge >= 0.3 is 0 Å². The van der Waals surface area contributed by atoms with Gasteiger partial charge < -0.3 is 10.5 Å². The van der Waals surface area contributed by atoms with Crippen LogP contribution in [-0.4, -0.2) is 37.7 Å². The van der Waals surface area contributed by atoms with Crippen LogP contribution in [0.1, 0.15) is 24.4 Å². The molecule has 0 spiro atoms. The van der Waals surface area contributed by atoms with Crippen molar-refractivity contribution >= 4 is 0 Å². The molecule has 100 valence electrons. The standard InChI is InChI=1S/C14H21FN2O/c1-17(10-13-6-3-7-18-13)14(9-16)11-4-2-5-12(15)8-11/h2,4-5,8,13-14H,3,6-7,9-10,16H2,1H3. The number of benzene rings is 1. The molecule has 0 bridgehead atoms. The predicted molar refractivity (Wildman–Crippen MR) is 69.8 cm³/mol. The van der Waals surface area contributed by atoms with Crippen molar-refractivity contribution in [2.24, 2.45) is 5.73 Å². The molecule has 18 heavy (non-hydrogen) atoms. The van der Waals surface area contributed by atoms with Gasteiger partial charge in [0.05, 0.1) is 6.10 Å². The van der Waals surface area contributed by atoms with Gasteiger partial charge in [-0.15, -0.1) is 0 Å². The van der Waals surface area contributed by atoms with E-state index >= 15 is 0 Å². The minimum Gasteiger partial charge on any atom is -0.377 e. The average Bonchev–Trinajstić information content (AvgIpc) is 2.83. The summed E-state index contributed by atoms with van der Waals surface area (Å²) in [6.07, 6.45) is 2.52. The maximum absolute atomic E-state index is 13.2. The number of ether oxygens (including phenoxy) is 1. The molecular formula is C14H21FN2O. The molecule has 0 radical (unpaired) electrons. The van der Waals surface area contributed by atoms with E-state index in [9.17, 15) is 4.39 Å². The van der Waals surface area contributed by atoms with Gasteiger partial charge in [0.2, 0.25) is 0 Å². The molecule has 4 heteroatoms. The molecule has 1 heterocycles. The van der Waals surface area contributed by atoms with Crippen LogP contribution in [0.3, 0.4) is 0 Å². The summed E-state index contributed by atoms with van der Waals surface area (Å²) >= 11 is 0. The highest BCUT2D eigenvalue weighted by Gasteiger charge is 2.22. The minimum atomic E-state index is -0.212. The minimum absolute atomic E-state index is 0.0462. The van der Waals surface area contributed by atoms with E-state index in [0.717, 1.165) is 31.6 Å². The first-order valence-corrected chi connectivity index (χ1v) is 6.48. The molecule has 2 N–H and O–H groups in total. The number of rotatable bonds is 5. The molecule has 0 aliphatic carbocycles. The van der Waals surface area contributed by atoms with Gasteiger partial charge in [0.1, 0.15) is 5.82 Å². The highest BCUT2D eigenvalue weighted by Crippen LogP contribution is 2.21. The fraction of sp³-hybridized carbons (Fsp3) is 0.571. The summed E-state index contributed by atoms with van der Waals surface area (Å²) in [4.78, 5) is 2.16. The van der Waals surface area contributed by atoms with Gasteiger partial charge in [-0.05, 0) is 37.6 Å². The number of hydrogen-bond donors (Lipinski definition) is 1. The second kappa shape index (κ2) is 6.27. The van der Waals surface area contributed by atoms with Crippen LogP contribution >= 0.6 is 0 Å². The maximum Gasteiger partial charge on any atom is 0.123 e. The molecule has 1 aromatic carbocycles. The monoisotopic (exact) mass is 252 g/mol. The van der Waals surface area contributed by atoms with E-state index in [2.05, 4.69) is 4.90 Å². The Morgan fingerprint density at radius 1 is 1.56 bits per heavy atom. The zero-order valence-electron chi connectivity index (χ0n) is 10.8. The van der Waals surface area contributed by atoms with Gasteiger partial charge in [-0.25, -0.2) is 4.39 Å². The molecule has 1 aliphatic rings. The molecule has 0 aromatic heterocycles. The lowest BCUT2D eigenvalue weighted by atomic mass is 10.0. The zero-order chi connectivity index (χ0) is 13.0. The fourth-order valence-electron chi connectivity index (χ4n) is 2.52. The molecule has 1 aromatic rings. The van der Waals surface area contributed by atoms with Crippen molar-refractivity contribution in [3.8, 4) is 0 Å². The van der Waals surface area contributed by atoms with E-state index in [-0.39, 0.29) is 18.0 Å². The normalized spacial score (nSPS) is 21.4. The van der Waals surface area contributed by atoms with Crippen molar-refractivity contribution in [3.63, 3.8) is 0 Å². The van der Waals surface area contributed by atoms with Crippen LogP contribution in [0.4, 0.5) is 4.39 Å². The molecule has 0 saturated carbocycles. The van der Waals surface area contributed by atoms with E-state index in [1.165, 1.54) is 6.07 Å². The quantitative estimate of drug-likeness (QED) is 0.870. The van der Waals surface area contributed by atoms with E-state index < -0.39 is 0 Å². The lowest BCUT2D eigenvalue weighted by molar-refractivity contribution is 0.0689. The van der Waals surface area contributed by atoms with Crippen LogP contribution in [0.5, 0.6) is 0 Å². The Morgan fingerprint density at radius 3 is 3.00 bits per heavy atom. The summed E-state index contributed by atoms with van der Waals surface area (Å²) < 4.78 is 18.9. The summed E-state index contributed by atoms with van der Waals surface area (Å²) in [6, 6.07) is 6.71. The summed E-state index contributed by atoms with van der Waals surface area (Å²) in [5, 5.41) is 0. The third-order valence-electron chi connectivity index (χ3n) is 3.50. The van der Waals surface area contributed by atoms with Gasteiger partial charge in [0, 0.05) is 25.7 Å². The molecule has 2 atom stereocenters. The second-order valence-corrected chi connectivity index (χ2v) is 4.88. The first-order valence-electron chi connectivity index (χ1n) is 6.48. The first-order chi connectivity index (χ1) is 8.70. The lowest BCUT2D eigenvalue weighted by Gasteiger charge is -2.29. The summed E-state index contributed by atoms with van der Waals surface area (Å²) in [5.41, 5.74) is 6.75. The van der Waals surface area contributed by atoms with Crippen molar-refractivity contribution in [2.45, 2.75) is 25.0 Å².